The molecule has 0 saturated carbocycles. The monoisotopic (exact) mass is 270 g/mol. The van der Waals surface area contributed by atoms with E-state index in [4.69, 9.17) is 16.6 Å². The maximum Gasteiger partial charge on any atom is 0.129 e. The molecule has 1 saturated heterocycles. The zero-order valence-electron chi connectivity index (χ0n) is 10.4. The van der Waals surface area contributed by atoms with Gasteiger partial charge in [0, 0.05) is 35.7 Å². The number of aryl methyl sites for hydroxylation is 1. The van der Waals surface area contributed by atoms with Crippen LogP contribution < -0.4 is 4.90 Å². The number of anilines is 1. The first kappa shape index (κ1) is 13.0. The fourth-order valence-corrected chi connectivity index (χ4v) is 3.27. The molecular formula is C13H19ClN2S. The first-order chi connectivity index (χ1) is 8.24. The average Bonchev–Trinajstić information content (AvgIpc) is 2.38. The summed E-state index contributed by atoms with van der Waals surface area (Å²) in [6.45, 7) is 5.50. The zero-order chi connectivity index (χ0) is 12.3. The highest BCUT2D eigenvalue weighted by Crippen LogP contribution is 2.24. The van der Waals surface area contributed by atoms with Gasteiger partial charge in [-0.15, -0.1) is 11.6 Å². The second-order valence-corrected chi connectivity index (χ2v) is 5.85. The van der Waals surface area contributed by atoms with Gasteiger partial charge in [-0.1, -0.05) is 6.92 Å². The number of alkyl halides is 1. The number of pyridine rings is 1. The van der Waals surface area contributed by atoms with Crippen LogP contribution in [0.25, 0.3) is 0 Å². The van der Waals surface area contributed by atoms with Crippen molar-refractivity contribution in [1.82, 2.24) is 4.98 Å². The van der Waals surface area contributed by atoms with Crippen LogP contribution >= 0.6 is 23.4 Å². The highest BCUT2D eigenvalue weighted by atomic mass is 35.5. The summed E-state index contributed by atoms with van der Waals surface area (Å²) in [6, 6.07) is 4.81. The molecule has 0 radical (unpaired) electrons. The third-order valence-electron chi connectivity index (χ3n) is 3.10. The molecule has 0 spiro atoms. The molecular weight excluding hydrogens is 252 g/mol. The third-order valence-corrected chi connectivity index (χ3v) is 4.60. The molecule has 0 amide bonds. The highest BCUT2D eigenvalue weighted by Gasteiger charge is 2.20. The molecule has 94 valence electrons. The Kier molecular flexibility index (Phi) is 4.57. The molecule has 1 aliphatic heterocycles. The quantitative estimate of drug-likeness (QED) is 0.784. The van der Waals surface area contributed by atoms with E-state index in [1.165, 1.54) is 17.1 Å². The lowest BCUT2D eigenvalue weighted by Gasteiger charge is -2.34. The summed E-state index contributed by atoms with van der Waals surface area (Å²) < 4.78 is 0. The van der Waals surface area contributed by atoms with E-state index >= 15 is 0 Å². The largest absolute Gasteiger partial charge is 0.352 e. The molecule has 0 bridgehead atoms. The number of rotatable bonds is 3. The molecule has 1 unspecified atom stereocenters. The van der Waals surface area contributed by atoms with Crippen molar-refractivity contribution in [2.24, 2.45) is 0 Å². The Morgan fingerprint density at radius 1 is 1.53 bits per heavy atom. The van der Waals surface area contributed by atoms with E-state index in [0.717, 1.165) is 24.5 Å². The van der Waals surface area contributed by atoms with Gasteiger partial charge < -0.3 is 4.90 Å². The van der Waals surface area contributed by atoms with Crippen LogP contribution in [-0.2, 0) is 12.3 Å². The number of halogens is 1. The Morgan fingerprint density at radius 2 is 2.35 bits per heavy atom. The fourth-order valence-electron chi connectivity index (χ4n) is 2.11. The van der Waals surface area contributed by atoms with Gasteiger partial charge in [0.1, 0.15) is 5.82 Å². The number of hydrogen-bond acceptors (Lipinski definition) is 3. The van der Waals surface area contributed by atoms with Crippen molar-refractivity contribution in [3.63, 3.8) is 0 Å². The van der Waals surface area contributed by atoms with Crippen LogP contribution in [0.15, 0.2) is 12.1 Å². The van der Waals surface area contributed by atoms with Gasteiger partial charge in [0.15, 0.2) is 0 Å². The zero-order valence-corrected chi connectivity index (χ0v) is 12.0. The Bertz CT molecular complexity index is 361. The molecule has 1 atom stereocenters. The summed E-state index contributed by atoms with van der Waals surface area (Å²) in [5.41, 5.74) is 2.32. The van der Waals surface area contributed by atoms with Crippen LogP contribution in [-0.4, -0.2) is 29.1 Å². The van der Waals surface area contributed by atoms with E-state index in [1.807, 2.05) is 11.8 Å². The van der Waals surface area contributed by atoms with Crippen LogP contribution in [0.3, 0.4) is 0 Å². The molecule has 2 nitrogen and oxygen atoms in total. The van der Waals surface area contributed by atoms with Gasteiger partial charge >= 0.3 is 0 Å². The van der Waals surface area contributed by atoms with E-state index < -0.39 is 0 Å². The minimum atomic E-state index is 0.566. The molecule has 0 aliphatic carbocycles. The molecule has 2 rings (SSSR count). The summed E-state index contributed by atoms with van der Waals surface area (Å²) in [5, 5.41) is 0. The van der Waals surface area contributed by atoms with Gasteiger partial charge in [-0.25, -0.2) is 4.98 Å². The molecule has 0 aromatic carbocycles. The Labute approximate surface area is 113 Å². The van der Waals surface area contributed by atoms with Crippen LogP contribution in [0, 0.1) is 0 Å². The lowest BCUT2D eigenvalue weighted by Crippen LogP contribution is -2.41. The molecule has 0 N–H and O–H groups in total. The predicted molar refractivity (Wildman–Crippen MR) is 77.3 cm³/mol. The van der Waals surface area contributed by atoms with Crippen LogP contribution in [0.4, 0.5) is 5.82 Å². The topological polar surface area (TPSA) is 16.1 Å². The summed E-state index contributed by atoms with van der Waals surface area (Å²) in [6.07, 6.45) is 0.967. The maximum atomic E-state index is 5.95. The summed E-state index contributed by atoms with van der Waals surface area (Å²) >= 11 is 7.98. The van der Waals surface area contributed by atoms with Crippen LogP contribution in [0.2, 0.25) is 0 Å². The second kappa shape index (κ2) is 5.96. The van der Waals surface area contributed by atoms with Crippen molar-refractivity contribution in [2.45, 2.75) is 32.2 Å². The van der Waals surface area contributed by atoms with E-state index in [-0.39, 0.29) is 0 Å². The van der Waals surface area contributed by atoms with E-state index in [0.29, 0.717) is 11.9 Å². The van der Waals surface area contributed by atoms with Crippen molar-refractivity contribution < 1.29 is 0 Å². The van der Waals surface area contributed by atoms with Gasteiger partial charge in [-0.3, -0.25) is 0 Å². The van der Waals surface area contributed by atoms with Gasteiger partial charge in [-0.05, 0) is 31.0 Å². The normalized spacial score (nSPS) is 20.6. The smallest absolute Gasteiger partial charge is 0.129 e. The van der Waals surface area contributed by atoms with Crippen molar-refractivity contribution in [2.75, 3.05) is 23.0 Å². The minimum Gasteiger partial charge on any atom is -0.352 e. The molecule has 2 heterocycles. The van der Waals surface area contributed by atoms with Crippen LogP contribution in [0.5, 0.6) is 0 Å². The summed E-state index contributed by atoms with van der Waals surface area (Å²) in [5.74, 6) is 4.06. The van der Waals surface area contributed by atoms with Gasteiger partial charge in [0.2, 0.25) is 0 Å². The van der Waals surface area contributed by atoms with E-state index in [1.54, 1.807) is 0 Å². The molecule has 17 heavy (non-hydrogen) atoms. The molecule has 4 heteroatoms. The Morgan fingerprint density at radius 3 is 3.00 bits per heavy atom. The standard InChI is InChI=1S/C13H19ClN2S/c1-3-12-6-11(8-14)7-13(15-12)16-4-5-17-9-10(16)2/h6-7,10H,3-5,8-9H2,1-2H3. The first-order valence-corrected chi connectivity index (χ1v) is 7.83. The van der Waals surface area contributed by atoms with Crippen LogP contribution in [0.1, 0.15) is 25.1 Å². The Balaban J connectivity index is 2.29. The number of aromatic nitrogens is 1. The van der Waals surface area contributed by atoms with Crippen molar-refractivity contribution >= 4 is 29.2 Å². The predicted octanol–water partition coefficient (Wildman–Crippen LogP) is 3.32. The van der Waals surface area contributed by atoms with Crippen molar-refractivity contribution in [1.29, 1.82) is 0 Å². The maximum absolute atomic E-state index is 5.95. The summed E-state index contributed by atoms with van der Waals surface area (Å²) in [7, 11) is 0. The minimum absolute atomic E-state index is 0.566. The van der Waals surface area contributed by atoms with Crippen molar-refractivity contribution in [3.05, 3.63) is 23.4 Å². The lowest BCUT2D eigenvalue weighted by atomic mass is 10.2. The van der Waals surface area contributed by atoms with E-state index in [2.05, 4.69) is 30.9 Å². The first-order valence-electron chi connectivity index (χ1n) is 6.14. The third kappa shape index (κ3) is 3.08. The van der Waals surface area contributed by atoms with E-state index in [9.17, 15) is 0 Å². The molecule has 1 fully saturated rings. The molecule has 1 aromatic heterocycles. The highest BCUT2D eigenvalue weighted by molar-refractivity contribution is 7.99. The molecule has 1 aliphatic rings. The SMILES string of the molecule is CCc1cc(CCl)cc(N2CCSCC2C)n1. The van der Waals surface area contributed by atoms with Gasteiger partial charge in [-0.2, -0.15) is 11.8 Å². The number of nitrogens with zero attached hydrogens (tertiary/aromatic N) is 2. The number of hydrogen-bond donors (Lipinski definition) is 0. The molecule has 1 aromatic rings. The fraction of sp³-hybridized carbons (Fsp3) is 0.615. The van der Waals surface area contributed by atoms with Gasteiger partial charge in [0.05, 0.1) is 0 Å². The van der Waals surface area contributed by atoms with Gasteiger partial charge in [0.25, 0.3) is 0 Å². The number of thioether (sulfide) groups is 1. The average molecular weight is 271 g/mol. The second-order valence-electron chi connectivity index (χ2n) is 4.43. The Hall–Kier alpha value is -0.410. The summed E-state index contributed by atoms with van der Waals surface area (Å²) in [4.78, 5) is 7.14. The lowest BCUT2D eigenvalue weighted by molar-refractivity contribution is 0.687. The van der Waals surface area contributed by atoms with Crippen molar-refractivity contribution in [3.8, 4) is 0 Å².